The van der Waals surface area contributed by atoms with Gasteiger partial charge in [0.15, 0.2) is 0 Å². The number of hydrogen-bond donors (Lipinski definition) is 0. The second-order valence-electron chi connectivity index (χ2n) is 11.9. The maximum atomic E-state index is 14.8. The van der Waals surface area contributed by atoms with Gasteiger partial charge in [0.25, 0.3) is 5.60 Å². The molecule has 204 valence electrons. The predicted octanol–water partition coefficient (Wildman–Crippen LogP) is 7.62. The van der Waals surface area contributed by atoms with E-state index in [9.17, 15) is 26.3 Å². The molecule has 0 N–H and O–H groups in total. The lowest BCUT2D eigenvalue weighted by atomic mass is 9.43. The van der Waals surface area contributed by atoms with Gasteiger partial charge in [0, 0.05) is 5.41 Å². The third kappa shape index (κ3) is 5.12. The summed E-state index contributed by atoms with van der Waals surface area (Å²) < 4.78 is 106. The normalized spacial score (nSPS) is 35.0. The lowest BCUT2D eigenvalue weighted by Gasteiger charge is -2.66. The van der Waals surface area contributed by atoms with Crippen molar-refractivity contribution in [2.24, 2.45) is 23.2 Å². The monoisotopic (exact) mass is 514 g/mol. The Morgan fingerprint density at radius 2 is 1.46 bits per heavy atom. The Kier molecular flexibility index (Phi) is 7.83. The van der Waals surface area contributed by atoms with Gasteiger partial charge in [0.05, 0.1) is 31.5 Å². The van der Waals surface area contributed by atoms with Crippen LogP contribution in [0.15, 0.2) is 0 Å². The Labute approximate surface area is 204 Å². The molecule has 0 radical (unpaired) electrons. The van der Waals surface area contributed by atoms with E-state index in [2.05, 4.69) is 0 Å². The lowest BCUT2D eigenvalue weighted by Crippen LogP contribution is -2.74. The molecule has 5 fully saturated rings. The summed E-state index contributed by atoms with van der Waals surface area (Å²) in [6.45, 7) is 3.86. The zero-order valence-electron chi connectivity index (χ0n) is 20.9. The first-order chi connectivity index (χ1) is 16.4. The van der Waals surface area contributed by atoms with Crippen molar-refractivity contribution in [3.05, 3.63) is 0 Å². The van der Waals surface area contributed by atoms with Crippen LogP contribution >= 0.6 is 0 Å². The SMILES string of the molecule is CCC(C)OCCOC12CC3CC(C1)CC(C(OCC1CCCCC1)(C(F)(F)F)C(F)(F)F)(C3)C2. The first kappa shape index (κ1) is 27.5. The highest BCUT2D eigenvalue weighted by molar-refractivity contribution is 5.20. The van der Waals surface area contributed by atoms with E-state index in [4.69, 9.17) is 14.2 Å². The van der Waals surface area contributed by atoms with E-state index < -0.39 is 35.6 Å². The molecule has 0 aromatic heterocycles. The number of ether oxygens (including phenoxy) is 3. The van der Waals surface area contributed by atoms with Crippen molar-refractivity contribution < 1.29 is 40.6 Å². The molecule has 0 saturated heterocycles. The van der Waals surface area contributed by atoms with Gasteiger partial charge in [0.2, 0.25) is 0 Å². The molecule has 0 heterocycles. The molecule has 5 aliphatic carbocycles. The van der Waals surface area contributed by atoms with Crippen LogP contribution in [0.25, 0.3) is 0 Å². The van der Waals surface area contributed by atoms with E-state index in [1.807, 2.05) is 13.8 Å². The van der Waals surface area contributed by atoms with Crippen LogP contribution in [-0.4, -0.2) is 49.5 Å². The van der Waals surface area contributed by atoms with E-state index in [0.717, 1.165) is 25.7 Å². The van der Waals surface area contributed by atoms with Crippen LogP contribution in [0.3, 0.4) is 0 Å². The van der Waals surface area contributed by atoms with Crippen LogP contribution in [0, 0.1) is 23.2 Å². The molecule has 3 atom stereocenters. The van der Waals surface area contributed by atoms with E-state index >= 15 is 0 Å². The highest BCUT2D eigenvalue weighted by Crippen LogP contribution is 2.71. The van der Waals surface area contributed by atoms with Crippen LogP contribution in [0.5, 0.6) is 0 Å². The van der Waals surface area contributed by atoms with E-state index in [1.165, 1.54) is 0 Å². The first-order valence-corrected chi connectivity index (χ1v) is 13.4. The summed E-state index contributed by atoms with van der Waals surface area (Å²) in [6.07, 6.45) is -5.21. The second kappa shape index (κ2) is 9.97. The zero-order chi connectivity index (χ0) is 25.5. The fourth-order valence-corrected chi connectivity index (χ4v) is 8.06. The molecule has 5 aliphatic rings. The van der Waals surface area contributed by atoms with Crippen molar-refractivity contribution in [2.75, 3.05) is 19.8 Å². The lowest BCUT2D eigenvalue weighted by molar-refractivity contribution is -0.436. The molecule has 4 bridgehead atoms. The van der Waals surface area contributed by atoms with E-state index in [-0.39, 0.29) is 56.3 Å². The highest BCUT2D eigenvalue weighted by Gasteiger charge is 2.83. The Balaban J connectivity index is 1.63. The maximum absolute atomic E-state index is 14.8. The van der Waals surface area contributed by atoms with Crippen molar-refractivity contribution >= 4 is 0 Å². The molecule has 35 heavy (non-hydrogen) atoms. The fourth-order valence-electron chi connectivity index (χ4n) is 8.06. The molecule has 0 aromatic carbocycles. The summed E-state index contributed by atoms with van der Waals surface area (Å²) in [4.78, 5) is 0. The van der Waals surface area contributed by atoms with Crippen LogP contribution < -0.4 is 0 Å². The van der Waals surface area contributed by atoms with Gasteiger partial charge >= 0.3 is 12.4 Å². The van der Waals surface area contributed by atoms with Gasteiger partial charge in [-0.05, 0) is 82.5 Å². The third-order valence-electron chi connectivity index (χ3n) is 9.28. The Morgan fingerprint density at radius 3 is 2.00 bits per heavy atom. The number of hydrogen-bond acceptors (Lipinski definition) is 3. The van der Waals surface area contributed by atoms with Crippen molar-refractivity contribution in [2.45, 2.75) is 121 Å². The smallest absolute Gasteiger partial charge is 0.376 e. The van der Waals surface area contributed by atoms with Crippen molar-refractivity contribution in [3.8, 4) is 0 Å². The predicted molar refractivity (Wildman–Crippen MR) is 119 cm³/mol. The zero-order valence-corrected chi connectivity index (χ0v) is 20.9. The second-order valence-corrected chi connectivity index (χ2v) is 11.9. The van der Waals surface area contributed by atoms with Gasteiger partial charge in [-0.25, -0.2) is 0 Å². The number of rotatable bonds is 10. The van der Waals surface area contributed by atoms with Gasteiger partial charge in [-0.15, -0.1) is 0 Å². The summed E-state index contributed by atoms with van der Waals surface area (Å²) >= 11 is 0. The van der Waals surface area contributed by atoms with E-state index in [1.54, 1.807) is 0 Å². The minimum atomic E-state index is -5.56. The van der Waals surface area contributed by atoms with Gasteiger partial charge in [-0.2, -0.15) is 26.3 Å². The fraction of sp³-hybridized carbons (Fsp3) is 1.00. The minimum absolute atomic E-state index is 0.0256. The Hall–Kier alpha value is -0.540. The van der Waals surface area contributed by atoms with Crippen LogP contribution in [-0.2, 0) is 14.2 Å². The average Bonchev–Trinajstić information content (AvgIpc) is 2.74. The largest absolute Gasteiger partial charge is 0.427 e. The van der Waals surface area contributed by atoms with Gasteiger partial charge < -0.3 is 14.2 Å². The van der Waals surface area contributed by atoms with E-state index in [0.29, 0.717) is 32.1 Å². The summed E-state index contributed by atoms with van der Waals surface area (Å²) in [5, 5.41) is 0. The molecule has 3 unspecified atom stereocenters. The number of alkyl halides is 6. The molecule has 0 spiro atoms. The summed E-state index contributed by atoms with van der Waals surface area (Å²) in [7, 11) is 0. The van der Waals surface area contributed by atoms with Crippen LogP contribution in [0.2, 0.25) is 0 Å². The molecule has 5 saturated carbocycles. The van der Waals surface area contributed by atoms with Crippen molar-refractivity contribution in [1.82, 2.24) is 0 Å². The summed E-state index contributed by atoms with van der Waals surface area (Å²) in [5.74, 6) is -0.687. The maximum Gasteiger partial charge on any atom is 0.427 e. The Morgan fingerprint density at radius 1 is 0.857 bits per heavy atom. The van der Waals surface area contributed by atoms with Crippen molar-refractivity contribution in [3.63, 3.8) is 0 Å². The van der Waals surface area contributed by atoms with Gasteiger partial charge in [0.1, 0.15) is 0 Å². The quantitative estimate of drug-likeness (QED) is 0.222. The summed E-state index contributed by atoms with van der Waals surface area (Å²) in [5.41, 5.74) is -7.19. The van der Waals surface area contributed by atoms with Gasteiger partial charge in [-0.1, -0.05) is 26.2 Å². The van der Waals surface area contributed by atoms with Crippen LogP contribution in [0.1, 0.15) is 90.9 Å². The molecule has 3 nitrogen and oxygen atoms in total. The molecule has 0 aliphatic heterocycles. The highest BCUT2D eigenvalue weighted by atomic mass is 19.4. The number of halogens is 6. The third-order valence-corrected chi connectivity index (χ3v) is 9.28. The average molecular weight is 515 g/mol. The molecule has 5 rings (SSSR count). The topological polar surface area (TPSA) is 27.7 Å². The van der Waals surface area contributed by atoms with Crippen LogP contribution in [0.4, 0.5) is 26.3 Å². The minimum Gasteiger partial charge on any atom is -0.376 e. The van der Waals surface area contributed by atoms with Gasteiger partial charge in [-0.3, -0.25) is 0 Å². The molecule has 0 aromatic rings. The first-order valence-electron chi connectivity index (χ1n) is 13.4. The standard InChI is InChI=1S/C26H40F6O3/c1-3-18(2)33-9-10-34-23-14-20-11-21(15-23)13-22(12-20,17-23)24(25(27,28)29,26(30,31)32)35-16-19-7-5-4-6-8-19/h18-21H,3-17H2,1-2H3. The molecule has 0 amide bonds. The van der Waals surface area contributed by atoms with Crippen molar-refractivity contribution in [1.29, 1.82) is 0 Å². The molecular weight excluding hydrogens is 474 g/mol. The molecule has 9 heteroatoms. The molecular formula is C26H40F6O3. The summed E-state index contributed by atoms with van der Waals surface area (Å²) in [6, 6.07) is 0. The Bertz CT molecular complexity index is 687.